The first-order chi connectivity index (χ1) is 6.13. The summed E-state index contributed by atoms with van der Waals surface area (Å²) < 4.78 is 4.63. The first-order valence-corrected chi connectivity index (χ1v) is 3.93. The molecule has 0 fully saturated rings. The van der Waals surface area contributed by atoms with E-state index < -0.39 is 29.7 Å². The predicted octanol–water partition coefficient (Wildman–Crippen LogP) is -0.864. The fourth-order valence-corrected chi connectivity index (χ4v) is 0.582. The summed E-state index contributed by atoms with van der Waals surface area (Å²) in [5.74, 6) is -3.21. The Morgan fingerprint density at radius 3 is 1.93 bits per heavy atom. The smallest absolute Gasteiger partial charge is 0.353 e. The SMILES string of the molecule is CC(C)(C)OC(=O)C(O)(CO)C(=O)O. The molecular weight excluding hydrogens is 192 g/mol. The molecule has 14 heavy (non-hydrogen) atoms. The maximum atomic E-state index is 11.1. The third-order valence-corrected chi connectivity index (χ3v) is 1.32. The molecule has 6 heteroatoms. The molecule has 1 unspecified atom stereocenters. The number of esters is 1. The topological polar surface area (TPSA) is 104 Å². The molecule has 0 rings (SSSR count). The van der Waals surface area contributed by atoms with Crippen LogP contribution in [-0.4, -0.2) is 45.1 Å². The molecule has 0 heterocycles. The number of aliphatic hydroxyl groups is 2. The Labute approximate surface area is 81.1 Å². The Morgan fingerprint density at radius 2 is 1.71 bits per heavy atom. The summed E-state index contributed by atoms with van der Waals surface area (Å²) in [6.45, 7) is 3.33. The Bertz CT molecular complexity index is 241. The van der Waals surface area contributed by atoms with Gasteiger partial charge in [-0.25, -0.2) is 9.59 Å². The zero-order chi connectivity index (χ0) is 11.6. The highest BCUT2D eigenvalue weighted by molar-refractivity contribution is 6.02. The van der Waals surface area contributed by atoms with E-state index in [9.17, 15) is 14.7 Å². The quantitative estimate of drug-likeness (QED) is 0.410. The fourth-order valence-electron chi connectivity index (χ4n) is 0.582. The van der Waals surface area contributed by atoms with Gasteiger partial charge in [0, 0.05) is 0 Å². The summed E-state index contributed by atoms with van der Waals surface area (Å²) >= 11 is 0. The molecule has 0 saturated heterocycles. The van der Waals surface area contributed by atoms with Crippen LogP contribution in [0.3, 0.4) is 0 Å². The first-order valence-electron chi connectivity index (χ1n) is 3.93. The second-order valence-electron chi connectivity index (χ2n) is 3.83. The lowest BCUT2D eigenvalue weighted by atomic mass is 10.1. The number of aliphatic carboxylic acids is 1. The summed E-state index contributed by atoms with van der Waals surface area (Å²) in [5, 5.41) is 26.3. The second-order valence-corrected chi connectivity index (χ2v) is 3.83. The highest BCUT2D eigenvalue weighted by Gasteiger charge is 2.47. The van der Waals surface area contributed by atoms with Gasteiger partial charge in [0.25, 0.3) is 5.60 Å². The van der Waals surface area contributed by atoms with Gasteiger partial charge >= 0.3 is 11.9 Å². The van der Waals surface area contributed by atoms with Crippen LogP contribution in [0.2, 0.25) is 0 Å². The number of carboxylic acids is 1. The van der Waals surface area contributed by atoms with Crippen LogP contribution in [0.25, 0.3) is 0 Å². The van der Waals surface area contributed by atoms with E-state index in [0.29, 0.717) is 0 Å². The third kappa shape index (κ3) is 2.97. The molecule has 1 atom stereocenters. The van der Waals surface area contributed by atoms with E-state index in [-0.39, 0.29) is 0 Å². The minimum Gasteiger partial charge on any atom is -0.479 e. The Hall–Kier alpha value is -1.14. The highest BCUT2D eigenvalue weighted by Crippen LogP contribution is 2.14. The first kappa shape index (κ1) is 12.9. The molecule has 6 nitrogen and oxygen atoms in total. The van der Waals surface area contributed by atoms with E-state index in [1.807, 2.05) is 0 Å². The number of carboxylic acid groups (broad SMARTS) is 1. The van der Waals surface area contributed by atoms with Crippen molar-refractivity contribution < 1.29 is 29.6 Å². The van der Waals surface area contributed by atoms with Crippen molar-refractivity contribution in [1.82, 2.24) is 0 Å². The summed E-state index contributed by atoms with van der Waals surface area (Å²) in [7, 11) is 0. The van der Waals surface area contributed by atoms with E-state index in [1.165, 1.54) is 20.8 Å². The Balaban J connectivity index is 4.73. The normalized spacial score (nSPS) is 15.8. The van der Waals surface area contributed by atoms with E-state index in [2.05, 4.69) is 4.74 Å². The molecule has 0 saturated carbocycles. The lowest BCUT2D eigenvalue weighted by Gasteiger charge is -2.25. The minimum atomic E-state index is -2.88. The van der Waals surface area contributed by atoms with Crippen LogP contribution < -0.4 is 0 Å². The Morgan fingerprint density at radius 1 is 1.29 bits per heavy atom. The van der Waals surface area contributed by atoms with Crippen LogP contribution in [0, 0.1) is 0 Å². The predicted molar refractivity (Wildman–Crippen MR) is 45.5 cm³/mol. The zero-order valence-corrected chi connectivity index (χ0v) is 8.27. The molecule has 0 spiro atoms. The molecule has 0 bridgehead atoms. The van der Waals surface area contributed by atoms with Crippen molar-refractivity contribution in [2.75, 3.05) is 6.61 Å². The van der Waals surface area contributed by atoms with Gasteiger partial charge in [-0.3, -0.25) is 0 Å². The number of hydrogen-bond acceptors (Lipinski definition) is 5. The van der Waals surface area contributed by atoms with Crippen LogP contribution in [-0.2, 0) is 14.3 Å². The van der Waals surface area contributed by atoms with Crippen molar-refractivity contribution in [3.63, 3.8) is 0 Å². The maximum Gasteiger partial charge on any atom is 0.353 e. The van der Waals surface area contributed by atoms with E-state index in [1.54, 1.807) is 0 Å². The lowest BCUT2D eigenvalue weighted by molar-refractivity contribution is -0.191. The van der Waals surface area contributed by atoms with Gasteiger partial charge in [-0.05, 0) is 20.8 Å². The Kier molecular flexibility index (Phi) is 3.61. The van der Waals surface area contributed by atoms with Crippen LogP contribution in [0.15, 0.2) is 0 Å². The summed E-state index contributed by atoms with van der Waals surface area (Å²) in [4.78, 5) is 21.6. The molecule has 82 valence electrons. The minimum absolute atomic E-state index is 0.921. The average molecular weight is 206 g/mol. The molecule has 3 N–H and O–H groups in total. The largest absolute Gasteiger partial charge is 0.479 e. The van der Waals surface area contributed by atoms with Gasteiger partial charge < -0.3 is 20.1 Å². The number of carbonyl (C=O) groups is 2. The van der Waals surface area contributed by atoms with Crippen molar-refractivity contribution in [3.05, 3.63) is 0 Å². The zero-order valence-electron chi connectivity index (χ0n) is 8.27. The summed E-state index contributed by atoms with van der Waals surface area (Å²) in [6.07, 6.45) is 0. The van der Waals surface area contributed by atoms with Crippen molar-refractivity contribution in [1.29, 1.82) is 0 Å². The van der Waals surface area contributed by atoms with E-state index in [0.717, 1.165) is 0 Å². The van der Waals surface area contributed by atoms with Crippen molar-refractivity contribution >= 4 is 11.9 Å². The van der Waals surface area contributed by atoms with Crippen LogP contribution in [0.5, 0.6) is 0 Å². The van der Waals surface area contributed by atoms with Gasteiger partial charge in [0.05, 0.1) is 6.61 Å². The van der Waals surface area contributed by atoms with Crippen LogP contribution >= 0.6 is 0 Å². The summed E-state index contributed by atoms with van der Waals surface area (Å²) in [5.41, 5.74) is -3.80. The molecule has 0 aromatic heterocycles. The van der Waals surface area contributed by atoms with Gasteiger partial charge in [-0.2, -0.15) is 0 Å². The number of carbonyl (C=O) groups excluding carboxylic acids is 1. The van der Waals surface area contributed by atoms with Gasteiger partial charge in [-0.1, -0.05) is 0 Å². The average Bonchev–Trinajstić information content (AvgIpc) is 1.99. The molecule has 0 amide bonds. The van der Waals surface area contributed by atoms with E-state index >= 15 is 0 Å². The van der Waals surface area contributed by atoms with Crippen molar-refractivity contribution in [2.24, 2.45) is 0 Å². The summed E-state index contributed by atoms with van der Waals surface area (Å²) in [6, 6.07) is 0. The second kappa shape index (κ2) is 3.93. The molecular formula is C8H14O6. The maximum absolute atomic E-state index is 11.1. The number of rotatable bonds is 3. The molecule has 0 aliphatic carbocycles. The van der Waals surface area contributed by atoms with Gasteiger partial charge in [0.2, 0.25) is 0 Å². The number of hydrogen-bond donors (Lipinski definition) is 3. The monoisotopic (exact) mass is 206 g/mol. The number of ether oxygens (including phenoxy) is 1. The highest BCUT2D eigenvalue weighted by atomic mass is 16.6. The van der Waals surface area contributed by atoms with Gasteiger partial charge in [0.15, 0.2) is 0 Å². The third-order valence-electron chi connectivity index (χ3n) is 1.32. The standard InChI is InChI=1S/C8H14O6/c1-7(2,3)14-6(12)8(13,4-9)5(10)11/h9,13H,4H2,1-3H3,(H,10,11). The van der Waals surface area contributed by atoms with E-state index in [4.69, 9.17) is 10.2 Å². The molecule has 0 aromatic carbocycles. The number of aliphatic hydroxyl groups excluding tert-OH is 1. The molecule has 0 aliphatic rings. The van der Waals surface area contributed by atoms with Crippen LogP contribution in [0.1, 0.15) is 20.8 Å². The molecule has 0 aromatic rings. The van der Waals surface area contributed by atoms with Gasteiger partial charge in [-0.15, -0.1) is 0 Å². The fraction of sp³-hybridized carbons (Fsp3) is 0.750. The van der Waals surface area contributed by atoms with Gasteiger partial charge in [0.1, 0.15) is 5.60 Å². The molecule has 0 aliphatic heterocycles. The van der Waals surface area contributed by atoms with Crippen LogP contribution in [0.4, 0.5) is 0 Å². The van der Waals surface area contributed by atoms with Crippen molar-refractivity contribution in [3.8, 4) is 0 Å². The van der Waals surface area contributed by atoms with Crippen molar-refractivity contribution in [2.45, 2.75) is 32.0 Å². The molecule has 0 radical (unpaired) electrons. The lowest BCUT2D eigenvalue weighted by Crippen LogP contribution is -2.52.